The fourth-order valence-electron chi connectivity index (χ4n) is 2.07. The molecule has 7 heteroatoms. The predicted molar refractivity (Wildman–Crippen MR) is 76.2 cm³/mol. The number of nitrogens with zero attached hydrogens (tertiary/aromatic N) is 2. The van der Waals surface area contributed by atoms with Gasteiger partial charge in [0.1, 0.15) is 5.76 Å². The van der Waals surface area contributed by atoms with Crippen LogP contribution < -0.4 is 10.1 Å². The van der Waals surface area contributed by atoms with Crippen LogP contribution in [0.25, 0.3) is 0 Å². The lowest BCUT2D eigenvalue weighted by Gasteiger charge is -2.07. The number of nitro groups is 1. The SMILES string of the molecule is COc1ccc(CNCc2c(C)noc2C)cc1[N+](=O)[O-]. The molecule has 1 aromatic heterocycles. The Kier molecular flexibility index (Phi) is 4.54. The van der Waals surface area contributed by atoms with Crippen molar-refractivity contribution in [3.63, 3.8) is 0 Å². The highest BCUT2D eigenvalue weighted by Crippen LogP contribution is 2.27. The number of nitro benzene ring substituents is 1. The summed E-state index contributed by atoms with van der Waals surface area (Å²) in [6.45, 7) is 4.84. The minimum absolute atomic E-state index is 0.0332. The van der Waals surface area contributed by atoms with E-state index in [1.54, 1.807) is 12.1 Å². The van der Waals surface area contributed by atoms with Gasteiger partial charge in [-0.05, 0) is 25.5 Å². The maximum Gasteiger partial charge on any atom is 0.311 e. The third-order valence-corrected chi connectivity index (χ3v) is 3.25. The highest BCUT2D eigenvalue weighted by molar-refractivity contribution is 5.48. The van der Waals surface area contributed by atoms with Crippen LogP contribution in [-0.4, -0.2) is 17.2 Å². The third-order valence-electron chi connectivity index (χ3n) is 3.25. The molecule has 2 aromatic rings. The molecule has 1 aromatic carbocycles. The molecule has 7 nitrogen and oxygen atoms in total. The molecule has 0 bridgehead atoms. The molecule has 0 aliphatic carbocycles. The van der Waals surface area contributed by atoms with Gasteiger partial charge >= 0.3 is 5.69 Å². The topological polar surface area (TPSA) is 90.4 Å². The Morgan fingerprint density at radius 2 is 2.14 bits per heavy atom. The zero-order valence-electron chi connectivity index (χ0n) is 12.2. The molecular formula is C14H17N3O4. The average Bonchev–Trinajstić information content (AvgIpc) is 2.78. The fourth-order valence-corrected chi connectivity index (χ4v) is 2.07. The summed E-state index contributed by atoms with van der Waals surface area (Å²) in [6, 6.07) is 4.91. The Morgan fingerprint density at radius 1 is 1.38 bits per heavy atom. The molecule has 0 atom stereocenters. The molecule has 0 amide bonds. The van der Waals surface area contributed by atoms with Gasteiger partial charge in [0.15, 0.2) is 5.75 Å². The van der Waals surface area contributed by atoms with Crippen molar-refractivity contribution in [3.8, 4) is 5.75 Å². The number of nitrogens with one attached hydrogen (secondary N) is 1. The van der Waals surface area contributed by atoms with Crippen LogP contribution in [0.2, 0.25) is 0 Å². The van der Waals surface area contributed by atoms with Gasteiger partial charge in [0.25, 0.3) is 0 Å². The van der Waals surface area contributed by atoms with Crippen LogP contribution in [0.1, 0.15) is 22.6 Å². The first-order chi connectivity index (χ1) is 10.0. The second-order valence-electron chi connectivity index (χ2n) is 4.67. The van der Waals surface area contributed by atoms with Crippen molar-refractivity contribution in [1.82, 2.24) is 10.5 Å². The zero-order chi connectivity index (χ0) is 15.4. The van der Waals surface area contributed by atoms with Crippen LogP contribution in [0.4, 0.5) is 5.69 Å². The van der Waals surface area contributed by atoms with Crippen LogP contribution in [0.5, 0.6) is 5.75 Å². The molecule has 0 spiro atoms. The Balaban J connectivity index is 2.04. The number of hydrogen-bond acceptors (Lipinski definition) is 6. The van der Waals surface area contributed by atoms with Crippen molar-refractivity contribution in [3.05, 3.63) is 50.9 Å². The van der Waals surface area contributed by atoms with Gasteiger partial charge in [0.2, 0.25) is 0 Å². The summed E-state index contributed by atoms with van der Waals surface area (Å²) >= 11 is 0. The minimum Gasteiger partial charge on any atom is -0.490 e. The number of rotatable bonds is 6. The molecule has 1 heterocycles. The second kappa shape index (κ2) is 6.36. The molecular weight excluding hydrogens is 274 g/mol. The fraction of sp³-hybridized carbons (Fsp3) is 0.357. The van der Waals surface area contributed by atoms with Crippen LogP contribution in [0.3, 0.4) is 0 Å². The molecule has 1 N–H and O–H groups in total. The summed E-state index contributed by atoms with van der Waals surface area (Å²) in [4.78, 5) is 10.5. The van der Waals surface area contributed by atoms with Crippen molar-refractivity contribution in [2.45, 2.75) is 26.9 Å². The molecule has 0 fully saturated rings. The lowest BCUT2D eigenvalue weighted by atomic mass is 10.1. The summed E-state index contributed by atoms with van der Waals surface area (Å²) in [6.07, 6.45) is 0. The molecule has 2 rings (SSSR count). The van der Waals surface area contributed by atoms with Gasteiger partial charge in [-0.15, -0.1) is 0 Å². The van der Waals surface area contributed by atoms with Crippen molar-refractivity contribution in [2.24, 2.45) is 0 Å². The number of ether oxygens (including phenoxy) is 1. The van der Waals surface area contributed by atoms with Gasteiger partial charge in [-0.3, -0.25) is 10.1 Å². The Labute approximate surface area is 122 Å². The van der Waals surface area contributed by atoms with Crippen molar-refractivity contribution in [1.29, 1.82) is 0 Å². The molecule has 0 aliphatic heterocycles. The first kappa shape index (κ1) is 15.0. The van der Waals surface area contributed by atoms with E-state index in [-0.39, 0.29) is 11.4 Å². The largest absolute Gasteiger partial charge is 0.490 e. The van der Waals surface area contributed by atoms with Crippen LogP contribution in [-0.2, 0) is 13.1 Å². The smallest absolute Gasteiger partial charge is 0.311 e. The summed E-state index contributed by atoms with van der Waals surface area (Å²) in [7, 11) is 1.41. The molecule has 112 valence electrons. The average molecular weight is 291 g/mol. The molecule has 0 saturated carbocycles. The highest BCUT2D eigenvalue weighted by Gasteiger charge is 2.15. The van der Waals surface area contributed by atoms with Crippen molar-refractivity contribution >= 4 is 5.69 Å². The van der Waals surface area contributed by atoms with E-state index in [2.05, 4.69) is 10.5 Å². The Morgan fingerprint density at radius 3 is 2.71 bits per heavy atom. The number of hydrogen-bond donors (Lipinski definition) is 1. The second-order valence-corrected chi connectivity index (χ2v) is 4.67. The molecule has 21 heavy (non-hydrogen) atoms. The number of aromatic nitrogens is 1. The lowest BCUT2D eigenvalue weighted by Crippen LogP contribution is -2.13. The number of benzene rings is 1. The monoisotopic (exact) mass is 291 g/mol. The lowest BCUT2D eigenvalue weighted by molar-refractivity contribution is -0.385. The van der Waals surface area contributed by atoms with Crippen LogP contribution in [0.15, 0.2) is 22.7 Å². The Bertz CT molecular complexity index is 632. The molecule has 0 unspecified atom stereocenters. The quantitative estimate of drug-likeness (QED) is 0.649. The van der Waals surface area contributed by atoms with Gasteiger partial charge < -0.3 is 14.6 Å². The maximum atomic E-state index is 11.0. The van der Waals surface area contributed by atoms with Gasteiger partial charge in [-0.1, -0.05) is 11.2 Å². The van der Waals surface area contributed by atoms with Gasteiger partial charge in [-0.2, -0.15) is 0 Å². The molecule has 0 aliphatic rings. The summed E-state index contributed by atoms with van der Waals surface area (Å²) < 4.78 is 10.1. The first-order valence-corrected chi connectivity index (χ1v) is 6.46. The Hall–Kier alpha value is -2.41. The highest BCUT2D eigenvalue weighted by atomic mass is 16.6. The van der Waals surface area contributed by atoms with E-state index in [0.29, 0.717) is 13.1 Å². The number of aryl methyl sites for hydroxylation is 2. The van der Waals surface area contributed by atoms with Crippen molar-refractivity contribution in [2.75, 3.05) is 7.11 Å². The van der Waals surface area contributed by atoms with Gasteiger partial charge in [0, 0.05) is 24.7 Å². The van der Waals surface area contributed by atoms with E-state index < -0.39 is 4.92 Å². The summed E-state index contributed by atoms with van der Waals surface area (Å²) in [5.74, 6) is 1.04. The molecule has 0 radical (unpaired) electrons. The van der Waals surface area contributed by atoms with E-state index in [4.69, 9.17) is 9.26 Å². The standard InChI is InChI=1S/C14H17N3O4/c1-9-12(10(2)21-16-9)8-15-7-11-4-5-14(20-3)13(6-11)17(18)19/h4-6,15H,7-8H2,1-3H3. The normalized spacial score (nSPS) is 10.6. The predicted octanol–water partition coefficient (Wildman–Crippen LogP) is 2.50. The minimum atomic E-state index is -0.448. The van der Waals surface area contributed by atoms with Crippen LogP contribution in [0, 0.1) is 24.0 Å². The van der Waals surface area contributed by atoms with Gasteiger partial charge in [-0.25, -0.2) is 0 Å². The van der Waals surface area contributed by atoms with E-state index in [0.717, 1.165) is 22.6 Å². The maximum absolute atomic E-state index is 11.0. The first-order valence-electron chi connectivity index (χ1n) is 6.46. The van der Waals surface area contributed by atoms with Gasteiger partial charge in [0.05, 0.1) is 17.7 Å². The van der Waals surface area contributed by atoms with E-state index in [1.807, 2.05) is 13.8 Å². The van der Waals surface area contributed by atoms with Crippen molar-refractivity contribution < 1.29 is 14.2 Å². The third kappa shape index (κ3) is 3.38. The van der Waals surface area contributed by atoms with Crippen LogP contribution >= 0.6 is 0 Å². The summed E-state index contributed by atoms with van der Waals surface area (Å²) in [5, 5.41) is 18.1. The molecule has 0 saturated heterocycles. The van der Waals surface area contributed by atoms with E-state index in [9.17, 15) is 10.1 Å². The van der Waals surface area contributed by atoms with E-state index >= 15 is 0 Å². The number of methoxy groups -OCH3 is 1. The summed E-state index contributed by atoms with van der Waals surface area (Å²) in [5.41, 5.74) is 2.64. The van der Waals surface area contributed by atoms with E-state index in [1.165, 1.54) is 13.2 Å². The zero-order valence-corrected chi connectivity index (χ0v) is 12.2.